The van der Waals surface area contributed by atoms with Crippen molar-refractivity contribution in [3.63, 3.8) is 0 Å². The van der Waals surface area contributed by atoms with Gasteiger partial charge in [0.05, 0.1) is 7.11 Å². The molecule has 0 aromatic heterocycles. The Hall–Kier alpha value is -2.11. The fourth-order valence-corrected chi connectivity index (χ4v) is 3.50. The molecule has 1 atom stereocenters. The van der Waals surface area contributed by atoms with E-state index in [1.165, 1.54) is 21.7 Å². The highest BCUT2D eigenvalue weighted by Gasteiger charge is 2.05. The molecule has 3 aromatic rings. The normalized spacial score (nSPS) is 10.9. The Bertz CT molecular complexity index is 705. The molecule has 0 radical (unpaired) electrons. The lowest BCUT2D eigenvalue weighted by atomic mass is 10.1. The zero-order valence-corrected chi connectivity index (χ0v) is 12.9. The van der Waals surface area contributed by atoms with E-state index in [4.69, 9.17) is 4.74 Å². The minimum absolute atomic E-state index is 0.667. The van der Waals surface area contributed by atoms with Crippen LogP contribution in [0.2, 0.25) is 0 Å². The lowest BCUT2D eigenvalue weighted by molar-refractivity contribution is 0.415. The predicted octanol–water partition coefficient (Wildman–Crippen LogP) is 3.99. The molecule has 104 valence electrons. The Kier molecular flexibility index (Phi) is 4.33. The van der Waals surface area contributed by atoms with Crippen LogP contribution >= 0.6 is 8.58 Å². The molecule has 0 aliphatic heterocycles. The van der Waals surface area contributed by atoms with Gasteiger partial charge < -0.3 is 4.74 Å². The highest BCUT2D eigenvalue weighted by atomic mass is 31.1. The van der Waals surface area contributed by atoms with Crippen LogP contribution < -0.4 is 15.3 Å². The van der Waals surface area contributed by atoms with Gasteiger partial charge in [0.2, 0.25) is 0 Å². The number of ether oxygens (including phenoxy) is 1. The van der Waals surface area contributed by atoms with Gasteiger partial charge in [-0.15, -0.1) is 0 Å². The maximum Gasteiger partial charge on any atom is 0.118 e. The standard InChI is InChI=1S/C19H17OP/c1-20-16-13-11-15(12-14-16)18-9-5-6-10-19(18)21-17-7-3-2-4-8-17/h2-14,21H,1H3. The molecule has 0 spiro atoms. The summed E-state index contributed by atoms with van der Waals surface area (Å²) < 4.78 is 5.23. The summed E-state index contributed by atoms with van der Waals surface area (Å²) in [6, 6.07) is 27.5. The van der Waals surface area contributed by atoms with E-state index in [2.05, 4.69) is 66.7 Å². The Morgan fingerprint density at radius 1 is 0.714 bits per heavy atom. The summed E-state index contributed by atoms with van der Waals surface area (Å²) in [6.45, 7) is 0. The lowest BCUT2D eigenvalue weighted by Gasteiger charge is -2.10. The first-order chi connectivity index (χ1) is 10.4. The molecule has 0 bridgehead atoms. The first kappa shape index (κ1) is 13.9. The molecule has 2 heteroatoms. The molecule has 1 unspecified atom stereocenters. The van der Waals surface area contributed by atoms with Gasteiger partial charge in [-0.2, -0.15) is 0 Å². The van der Waals surface area contributed by atoms with Crippen LogP contribution in [0.3, 0.4) is 0 Å². The highest BCUT2D eigenvalue weighted by Crippen LogP contribution is 2.25. The quantitative estimate of drug-likeness (QED) is 0.661. The van der Waals surface area contributed by atoms with Crippen LogP contribution in [-0.2, 0) is 0 Å². The van der Waals surface area contributed by atoms with Crippen molar-refractivity contribution in [2.24, 2.45) is 0 Å². The van der Waals surface area contributed by atoms with E-state index in [1.807, 2.05) is 12.1 Å². The SMILES string of the molecule is COc1ccc(-c2ccccc2Pc2ccccc2)cc1. The smallest absolute Gasteiger partial charge is 0.118 e. The van der Waals surface area contributed by atoms with E-state index < -0.39 is 0 Å². The van der Waals surface area contributed by atoms with E-state index >= 15 is 0 Å². The average molecular weight is 292 g/mol. The molecule has 1 nitrogen and oxygen atoms in total. The number of rotatable bonds is 4. The number of methoxy groups -OCH3 is 1. The van der Waals surface area contributed by atoms with E-state index in [0.717, 1.165) is 5.75 Å². The van der Waals surface area contributed by atoms with Gasteiger partial charge in [-0.1, -0.05) is 75.3 Å². The summed E-state index contributed by atoms with van der Waals surface area (Å²) in [5.74, 6) is 0.890. The first-order valence-corrected chi connectivity index (χ1v) is 7.92. The Morgan fingerprint density at radius 2 is 1.38 bits per heavy atom. The fraction of sp³-hybridized carbons (Fsp3) is 0.0526. The van der Waals surface area contributed by atoms with Gasteiger partial charge in [0.25, 0.3) is 0 Å². The van der Waals surface area contributed by atoms with Crippen LogP contribution in [0.4, 0.5) is 0 Å². The van der Waals surface area contributed by atoms with Crippen LogP contribution in [-0.4, -0.2) is 7.11 Å². The third-order valence-electron chi connectivity index (χ3n) is 3.38. The van der Waals surface area contributed by atoms with Crippen LogP contribution in [0, 0.1) is 0 Å². The average Bonchev–Trinajstić information content (AvgIpc) is 2.56. The minimum atomic E-state index is 0.667. The number of hydrogen-bond acceptors (Lipinski definition) is 1. The summed E-state index contributed by atoms with van der Waals surface area (Å²) in [6.07, 6.45) is 0. The Balaban J connectivity index is 1.95. The molecule has 0 aliphatic carbocycles. The zero-order chi connectivity index (χ0) is 14.5. The molecule has 3 rings (SSSR count). The monoisotopic (exact) mass is 292 g/mol. The van der Waals surface area contributed by atoms with Gasteiger partial charge in [-0.25, -0.2) is 0 Å². The summed E-state index contributed by atoms with van der Waals surface area (Å²) >= 11 is 0. The van der Waals surface area contributed by atoms with Gasteiger partial charge >= 0.3 is 0 Å². The Labute approximate surface area is 127 Å². The van der Waals surface area contributed by atoms with E-state index in [-0.39, 0.29) is 0 Å². The molecule has 0 heterocycles. The van der Waals surface area contributed by atoms with Gasteiger partial charge in [-0.05, 0) is 33.9 Å². The van der Waals surface area contributed by atoms with Crippen LogP contribution in [0.5, 0.6) is 5.75 Å². The summed E-state index contributed by atoms with van der Waals surface area (Å²) in [7, 11) is 2.36. The molecule has 0 saturated heterocycles. The second kappa shape index (κ2) is 6.56. The van der Waals surface area contributed by atoms with Crippen LogP contribution in [0.25, 0.3) is 11.1 Å². The molecule has 0 N–H and O–H groups in total. The second-order valence-electron chi connectivity index (χ2n) is 4.77. The third kappa shape index (κ3) is 3.32. The summed E-state index contributed by atoms with van der Waals surface area (Å²) in [5.41, 5.74) is 2.53. The molecule has 3 aromatic carbocycles. The maximum atomic E-state index is 5.23. The molecular formula is C19H17OP. The van der Waals surface area contributed by atoms with Gasteiger partial charge in [-0.3, -0.25) is 0 Å². The molecule has 0 saturated carbocycles. The second-order valence-corrected chi connectivity index (χ2v) is 6.13. The van der Waals surface area contributed by atoms with Gasteiger partial charge in [0.15, 0.2) is 0 Å². The number of benzene rings is 3. The van der Waals surface area contributed by atoms with Crippen LogP contribution in [0.15, 0.2) is 78.9 Å². The van der Waals surface area contributed by atoms with Gasteiger partial charge in [0, 0.05) is 0 Å². The van der Waals surface area contributed by atoms with E-state index in [9.17, 15) is 0 Å². The molecule has 0 amide bonds. The van der Waals surface area contributed by atoms with Crippen molar-refractivity contribution < 1.29 is 4.74 Å². The van der Waals surface area contributed by atoms with Crippen LogP contribution in [0.1, 0.15) is 0 Å². The van der Waals surface area contributed by atoms with Crippen molar-refractivity contribution in [2.45, 2.75) is 0 Å². The number of hydrogen-bond donors (Lipinski definition) is 0. The van der Waals surface area contributed by atoms with Crippen molar-refractivity contribution in [3.05, 3.63) is 78.9 Å². The fourth-order valence-electron chi connectivity index (χ4n) is 2.29. The predicted molar refractivity (Wildman–Crippen MR) is 92.5 cm³/mol. The van der Waals surface area contributed by atoms with Crippen molar-refractivity contribution in [1.29, 1.82) is 0 Å². The third-order valence-corrected chi connectivity index (χ3v) is 4.71. The molecule has 0 aliphatic rings. The van der Waals surface area contributed by atoms with Gasteiger partial charge in [0.1, 0.15) is 5.75 Å². The zero-order valence-electron chi connectivity index (χ0n) is 11.9. The maximum absolute atomic E-state index is 5.23. The highest BCUT2D eigenvalue weighted by molar-refractivity contribution is 7.55. The largest absolute Gasteiger partial charge is 0.497 e. The minimum Gasteiger partial charge on any atom is -0.497 e. The summed E-state index contributed by atoms with van der Waals surface area (Å²) in [4.78, 5) is 0. The van der Waals surface area contributed by atoms with Crippen molar-refractivity contribution in [2.75, 3.05) is 7.11 Å². The van der Waals surface area contributed by atoms with E-state index in [0.29, 0.717) is 8.58 Å². The van der Waals surface area contributed by atoms with Crippen molar-refractivity contribution >= 4 is 19.2 Å². The molecule has 0 fully saturated rings. The molecular weight excluding hydrogens is 275 g/mol. The molecule has 21 heavy (non-hydrogen) atoms. The summed E-state index contributed by atoms with van der Waals surface area (Å²) in [5, 5.41) is 2.73. The first-order valence-electron chi connectivity index (χ1n) is 6.92. The van der Waals surface area contributed by atoms with E-state index in [1.54, 1.807) is 7.11 Å². The van der Waals surface area contributed by atoms with Crippen molar-refractivity contribution in [3.8, 4) is 16.9 Å². The Morgan fingerprint density at radius 3 is 2.10 bits per heavy atom. The van der Waals surface area contributed by atoms with Crippen molar-refractivity contribution in [1.82, 2.24) is 0 Å². The topological polar surface area (TPSA) is 9.23 Å². The lowest BCUT2D eigenvalue weighted by Crippen LogP contribution is -2.05.